The van der Waals surface area contributed by atoms with Gasteiger partial charge in [0.1, 0.15) is 5.92 Å². The van der Waals surface area contributed by atoms with Crippen LogP contribution in [0.3, 0.4) is 0 Å². The lowest BCUT2D eigenvalue weighted by molar-refractivity contribution is -0.139. The van der Waals surface area contributed by atoms with Gasteiger partial charge in [-0.1, -0.05) is 30.3 Å². The molecule has 5 nitrogen and oxygen atoms in total. The molecule has 3 rings (SSSR count). The van der Waals surface area contributed by atoms with Crippen molar-refractivity contribution in [3.63, 3.8) is 0 Å². The summed E-state index contributed by atoms with van der Waals surface area (Å²) >= 11 is 0. The summed E-state index contributed by atoms with van der Waals surface area (Å²) in [5.41, 5.74) is 2.79. The Kier molecular flexibility index (Phi) is 3.78. The van der Waals surface area contributed by atoms with Crippen molar-refractivity contribution in [1.82, 2.24) is 5.32 Å². The SMILES string of the molecule is CN(C)c1ccc([C@@H]2NC(=O)c3ccccc3[C@@H]2C(=O)O)cc1. The molecule has 1 heterocycles. The van der Waals surface area contributed by atoms with E-state index in [1.165, 1.54) is 0 Å². The summed E-state index contributed by atoms with van der Waals surface area (Å²) in [5, 5.41) is 12.5. The van der Waals surface area contributed by atoms with Gasteiger partial charge in [-0.3, -0.25) is 9.59 Å². The topological polar surface area (TPSA) is 69.6 Å². The zero-order valence-corrected chi connectivity index (χ0v) is 13.0. The molecule has 118 valence electrons. The number of rotatable bonds is 3. The number of carboxylic acid groups (broad SMARTS) is 1. The molecule has 5 heteroatoms. The predicted octanol–water partition coefficient (Wildman–Crippen LogP) is 2.41. The quantitative estimate of drug-likeness (QED) is 0.913. The van der Waals surface area contributed by atoms with Gasteiger partial charge in [-0.05, 0) is 29.3 Å². The Morgan fingerprint density at radius 1 is 1.09 bits per heavy atom. The second-order valence-electron chi connectivity index (χ2n) is 5.84. The van der Waals surface area contributed by atoms with Crippen LogP contribution in [0, 0.1) is 0 Å². The molecular weight excluding hydrogens is 292 g/mol. The molecule has 2 aromatic rings. The number of aliphatic carboxylic acids is 1. The molecule has 0 spiro atoms. The Labute approximate surface area is 134 Å². The molecule has 0 unspecified atom stereocenters. The van der Waals surface area contributed by atoms with Crippen molar-refractivity contribution in [1.29, 1.82) is 0 Å². The Morgan fingerprint density at radius 3 is 2.35 bits per heavy atom. The summed E-state index contributed by atoms with van der Waals surface area (Å²) in [7, 11) is 3.88. The molecule has 0 saturated carbocycles. The highest BCUT2D eigenvalue weighted by molar-refractivity contribution is 6.00. The van der Waals surface area contributed by atoms with E-state index in [4.69, 9.17) is 0 Å². The minimum atomic E-state index is -0.945. The molecule has 2 N–H and O–H groups in total. The third kappa shape index (κ3) is 2.65. The monoisotopic (exact) mass is 310 g/mol. The molecule has 0 fully saturated rings. The Bertz CT molecular complexity index is 753. The van der Waals surface area contributed by atoms with Crippen LogP contribution in [0.2, 0.25) is 0 Å². The van der Waals surface area contributed by atoms with Gasteiger partial charge < -0.3 is 15.3 Å². The highest BCUT2D eigenvalue weighted by Crippen LogP contribution is 2.37. The smallest absolute Gasteiger partial charge is 0.313 e. The first-order valence-electron chi connectivity index (χ1n) is 7.39. The highest BCUT2D eigenvalue weighted by atomic mass is 16.4. The largest absolute Gasteiger partial charge is 0.481 e. The number of hydrogen-bond acceptors (Lipinski definition) is 3. The average molecular weight is 310 g/mol. The number of fused-ring (bicyclic) bond motifs is 1. The van der Waals surface area contributed by atoms with Crippen molar-refractivity contribution in [3.8, 4) is 0 Å². The van der Waals surface area contributed by atoms with E-state index in [0.29, 0.717) is 11.1 Å². The number of nitrogens with zero attached hydrogens (tertiary/aromatic N) is 1. The molecule has 0 bridgehead atoms. The maximum absolute atomic E-state index is 12.3. The number of carboxylic acids is 1. The Morgan fingerprint density at radius 2 is 1.74 bits per heavy atom. The molecular formula is C18H18N2O3. The van der Waals surface area contributed by atoms with Gasteiger partial charge in [0.05, 0.1) is 6.04 Å². The minimum absolute atomic E-state index is 0.236. The summed E-state index contributed by atoms with van der Waals surface area (Å²) < 4.78 is 0. The van der Waals surface area contributed by atoms with Gasteiger partial charge in [-0.25, -0.2) is 0 Å². The summed E-state index contributed by atoms with van der Waals surface area (Å²) in [6.45, 7) is 0. The number of amides is 1. The first kappa shape index (κ1) is 15.1. The van der Waals surface area contributed by atoms with Crippen LogP contribution < -0.4 is 10.2 Å². The fraction of sp³-hybridized carbons (Fsp3) is 0.222. The fourth-order valence-electron chi connectivity index (χ4n) is 2.99. The Hall–Kier alpha value is -2.82. The molecule has 0 aliphatic carbocycles. The Balaban J connectivity index is 2.05. The van der Waals surface area contributed by atoms with Gasteiger partial charge in [-0.15, -0.1) is 0 Å². The molecule has 2 atom stereocenters. The minimum Gasteiger partial charge on any atom is -0.481 e. The molecule has 1 aliphatic rings. The van der Waals surface area contributed by atoms with E-state index in [1.54, 1.807) is 24.3 Å². The van der Waals surface area contributed by atoms with Crippen LogP contribution in [0.25, 0.3) is 0 Å². The van der Waals surface area contributed by atoms with Gasteiger partial charge in [0, 0.05) is 25.3 Å². The molecule has 1 aliphatic heterocycles. The van der Waals surface area contributed by atoms with Gasteiger partial charge in [0.2, 0.25) is 0 Å². The van der Waals surface area contributed by atoms with Crippen LogP contribution in [-0.2, 0) is 4.79 Å². The van der Waals surface area contributed by atoms with Crippen molar-refractivity contribution in [2.24, 2.45) is 0 Å². The van der Waals surface area contributed by atoms with Crippen molar-refractivity contribution in [2.45, 2.75) is 12.0 Å². The number of carbonyl (C=O) groups excluding carboxylic acids is 1. The van der Waals surface area contributed by atoms with E-state index < -0.39 is 17.9 Å². The summed E-state index contributed by atoms with van der Waals surface area (Å²) in [5.74, 6) is -1.98. The summed E-state index contributed by atoms with van der Waals surface area (Å²) in [6.07, 6.45) is 0. The molecule has 23 heavy (non-hydrogen) atoms. The summed E-state index contributed by atoms with van der Waals surface area (Å²) in [4.78, 5) is 26.1. The van der Waals surface area contributed by atoms with Crippen molar-refractivity contribution in [2.75, 3.05) is 19.0 Å². The fourth-order valence-corrected chi connectivity index (χ4v) is 2.99. The van der Waals surface area contributed by atoms with Gasteiger partial charge in [0.15, 0.2) is 0 Å². The molecule has 0 saturated heterocycles. The van der Waals surface area contributed by atoms with Crippen molar-refractivity contribution < 1.29 is 14.7 Å². The lowest BCUT2D eigenvalue weighted by Crippen LogP contribution is -2.41. The zero-order valence-electron chi connectivity index (χ0n) is 13.0. The maximum Gasteiger partial charge on any atom is 0.313 e. The third-order valence-corrected chi connectivity index (χ3v) is 4.20. The first-order chi connectivity index (χ1) is 11.0. The maximum atomic E-state index is 12.3. The van der Waals surface area contributed by atoms with Crippen LogP contribution in [0.15, 0.2) is 48.5 Å². The standard InChI is InChI=1S/C18H18N2O3/c1-20(2)12-9-7-11(8-10-12)16-15(18(22)23)13-5-3-4-6-14(13)17(21)19-16/h3-10,15-16H,1-2H3,(H,19,21)(H,22,23)/t15-,16-/m0/s1. The molecule has 2 aromatic carbocycles. The van der Waals surface area contributed by atoms with Gasteiger partial charge in [-0.2, -0.15) is 0 Å². The molecule has 0 radical (unpaired) electrons. The van der Waals surface area contributed by atoms with Crippen LogP contribution in [-0.4, -0.2) is 31.1 Å². The summed E-state index contributed by atoms with van der Waals surface area (Å²) in [6, 6.07) is 13.9. The number of anilines is 1. The van der Waals surface area contributed by atoms with Crippen molar-refractivity contribution in [3.05, 3.63) is 65.2 Å². The second kappa shape index (κ2) is 5.76. The lowest BCUT2D eigenvalue weighted by atomic mass is 9.81. The first-order valence-corrected chi connectivity index (χ1v) is 7.39. The number of nitrogens with one attached hydrogen (secondary N) is 1. The predicted molar refractivity (Wildman–Crippen MR) is 87.8 cm³/mol. The van der Waals surface area contributed by atoms with Crippen LogP contribution in [0.4, 0.5) is 5.69 Å². The average Bonchev–Trinajstić information content (AvgIpc) is 2.54. The van der Waals surface area contributed by atoms with E-state index in [9.17, 15) is 14.7 Å². The molecule has 0 aromatic heterocycles. The van der Waals surface area contributed by atoms with E-state index in [1.807, 2.05) is 43.3 Å². The second-order valence-corrected chi connectivity index (χ2v) is 5.84. The van der Waals surface area contributed by atoms with Crippen LogP contribution >= 0.6 is 0 Å². The van der Waals surface area contributed by atoms with Crippen LogP contribution in [0.1, 0.15) is 33.4 Å². The lowest BCUT2D eigenvalue weighted by Gasteiger charge is -2.32. The van der Waals surface area contributed by atoms with Gasteiger partial charge in [0.25, 0.3) is 5.91 Å². The van der Waals surface area contributed by atoms with E-state index in [2.05, 4.69) is 5.32 Å². The number of benzene rings is 2. The zero-order chi connectivity index (χ0) is 16.6. The number of carbonyl (C=O) groups is 2. The normalized spacial score (nSPS) is 19.7. The third-order valence-electron chi connectivity index (χ3n) is 4.20. The highest BCUT2D eigenvalue weighted by Gasteiger charge is 2.38. The van der Waals surface area contributed by atoms with E-state index >= 15 is 0 Å². The van der Waals surface area contributed by atoms with E-state index in [0.717, 1.165) is 11.3 Å². The molecule has 1 amide bonds. The van der Waals surface area contributed by atoms with Crippen molar-refractivity contribution >= 4 is 17.6 Å². The van der Waals surface area contributed by atoms with Gasteiger partial charge >= 0.3 is 5.97 Å². The number of hydrogen-bond donors (Lipinski definition) is 2. The van der Waals surface area contributed by atoms with E-state index in [-0.39, 0.29) is 5.91 Å². The van der Waals surface area contributed by atoms with Crippen LogP contribution in [0.5, 0.6) is 0 Å².